The molecule has 0 aliphatic carbocycles. The minimum Gasteiger partial charge on any atom is -0.339 e. The number of halogens is 2. The van der Waals surface area contributed by atoms with Gasteiger partial charge in [0.25, 0.3) is 0 Å². The first-order chi connectivity index (χ1) is 7.99. The van der Waals surface area contributed by atoms with Gasteiger partial charge in [-0.25, -0.2) is 0 Å². The standard InChI is InChI=1S/C13H17Cl2NO/c1-9(8-14)13(17)16(3)10(2)11-6-4-5-7-12(11)15/h4-7,9-10H,8H2,1-3H3. The molecule has 1 rings (SSSR count). The average molecular weight is 274 g/mol. The predicted molar refractivity (Wildman–Crippen MR) is 72.5 cm³/mol. The molecule has 2 atom stereocenters. The molecule has 0 saturated carbocycles. The average Bonchev–Trinajstić information content (AvgIpc) is 2.35. The van der Waals surface area contributed by atoms with Crippen molar-refractivity contribution in [2.75, 3.05) is 12.9 Å². The third kappa shape index (κ3) is 3.36. The van der Waals surface area contributed by atoms with Gasteiger partial charge in [0.1, 0.15) is 0 Å². The molecule has 1 aromatic carbocycles. The molecular weight excluding hydrogens is 257 g/mol. The van der Waals surface area contributed by atoms with Crippen molar-refractivity contribution in [2.45, 2.75) is 19.9 Å². The molecule has 17 heavy (non-hydrogen) atoms. The van der Waals surface area contributed by atoms with Crippen LogP contribution in [0.2, 0.25) is 5.02 Å². The van der Waals surface area contributed by atoms with Crippen LogP contribution in [0.5, 0.6) is 0 Å². The zero-order chi connectivity index (χ0) is 13.0. The summed E-state index contributed by atoms with van der Waals surface area (Å²) in [4.78, 5) is 13.7. The zero-order valence-electron chi connectivity index (χ0n) is 10.3. The van der Waals surface area contributed by atoms with Crippen molar-refractivity contribution in [3.8, 4) is 0 Å². The maximum Gasteiger partial charge on any atom is 0.226 e. The molecule has 2 nitrogen and oxygen atoms in total. The summed E-state index contributed by atoms with van der Waals surface area (Å²) in [6.07, 6.45) is 0. The molecule has 94 valence electrons. The quantitative estimate of drug-likeness (QED) is 0.766. The van der Waals surface area contributed by atoms with Gasteiger partial charge < -0.3 is 4.90 Å². The fourth-order valence-electron chi connectivity index (χ4n) is 1.63. The molecule has 0 saturated heterocycles. The minimum absolute atomic E-state index is 0.0346. The summed E-state index contributed by atoms with van der Waals surface area (Å²) in [5, 5.41) is 0.679. The number of nitrogens with zero attached hydrogens (tertiary/aromatic N) is 1. The van der Waals surface area contributed by atoms with E-state index in [1.807, 2.05) is 38.1 Å². The lowest BCUT2D eigenvalue weighted by atomic mass is 10.1. The van der Waals surface area contributed by atoms with Gasteiger partial charge >= 0.3 is 0 Å². The van der Waals surface area contributed by atoms with Gasteiger partial charge in [-0.05, 0) is 18.6 Å². The molecule has 0 N–H and O–H groups in total. The number of carbonyl (C=O) groups excluding carboxylic acids is 1. The number of benzene rings is 1. The maximum atomic E-state index is 12.0. The minimum atomic E-state index is -0.174. The molecule has 0 spiro atoms. The zero-order valence-corrected chi connectivity index (χ0v) is 11.8. The van der Waals surface area contributed by atoms with E-state index in [9.17, 15) is 4.79 Å². The highest BCUT2D eigenvalue weighted by Crippen LogP contribution is 2.27. The molecule has 0 bridgehead atoms. The van der Waals surface area contributed by atoms with Crippen molar-refractivity contribution in [2.24, 2.45) is 5.92 Å². The van der Waals surface area contributed by atoms with Gasteiger partial charge in [0.15, 0.2) is 0 Å². The first-order valence-corrected chi connectivity index (χ1v) is 6.47. The molecule has 0 aliphatic heterocycles. The normalized spacial score (nSPS) is 14.2. The van der Waals surface area contributed by atoms with E-state index < -0.39 is 0 Å². The van der Waals surface area contributed by atoms with Crippen molar-refractivity contribution in [1.29, 1.82) is 0 Å². The van der Waals surface area contributed by atoms with Crippen LogP contribution >= 0.6 is 23.2 Å². The molecule has 1 amide bonds. The number of alkyl halides is 1. The molecule has 0 radical (unpaired) electrons. The van der Waals surface area contributed by atoms with Crippen LogP contribution < -0.4 is 0 Å². The molecular formula is C13H17Cl2NO. The number of hydrogen-bond donors (Lipinski definition) is 0. The van der Waals surface area contributed by atoms with Gasteiger partial charge in [-0.3, -0.25) is 4.79 Å². The van der Waals surface area contributed by atoms with Crippen molar-refractivity contribution < 1.29 is 4.79 Å². The highest BCUT2D eigenvalue weighted by Gasteiger charge is 2.22. The monoisotopic (exact) mass is 273 g/mol. The van der Waals surface area contributed by atoms with E-state index in [4.69, 9.17) is 23.2 Å². The van der Waals surface area contributed by atoms with Gasteiger partial charge in [0, 0.05) is 23.9 Å². The van der Waals surface area contributed by atoms with E-state index in [-0.39, 0.29) is 17.9 Å². The van der Waals surface area contributed by atoms with Crippen LogP contribution in [0.1, 0.15) is 25.5 Å². The molecule has 4 heteroatoms. The number of hydrogen-bond acceptors (Lipinski definition) is 1. The topological polar surface area (TPSA) is 20.3 Å². The van der Waals surface area contributed by atoms with Crippen LogP contribution in [0.3, 0.4) is 0 Å². The lowest BCUT2D eigenvalue weighted by molar-refractivity contribution is -0.134. The van der Waals surface area contributed by atoms with E-state index in [1.54, 1.807) is 11.9 Å². The van der Waals surface area contributed by atoms with Crippen LogP contribution in [-0.2, 0) is 4.79 Å². The van der Waals surface area contributed by atoms with Crippen molar-refractivity contribution >= 4 is 29.1 Å². The molecule has 0 fully saturated rings. The summed E-state index contributed by atoms with van der Waals surface area (Å²) >= 11 is 11.8. The van der Waals surface area contributed by atoms with Crippen LogP contribution in [-0.4, -0.2) is 23.7 Å². The van der Waals surface area contributed by atoms with Crippen LogP contribution in [0, 0.1) is 5.92 Å². The Morgan fingerprint density at radius 3 is 2.47 bits per heavy atom. The first kappa shape index (κ1) is 14.3. The Balaban J connectivity index is 2.87. The fraction of sp³-hybridized carbons (Fsp3) is 0.462. The molecule has 0 heterocycles. The smallest absolute Gasteiger partial charge is 0.226 e. The van der Waals surface area contributed by atoms with Crippen LogP contribution in [0.25, 0.3) is 0 Å². The Hall–Kier alpha value is -0.730. The highest BCUT2D eigenvalue weighted by molar-refractivity contribution is 6.31. The number of amides is 1. The summed E-state index contributed by atoms with van der Waals surface area (Å²) in [7, 11) is 1.78. The molecule has 1 aromatic rings. The third-order valence-electron chi connectivity index (χ3n) is 2.94. The van der Waals surface area contributed by atoms with Crippen LogP contribution in [0.15, 0.2) is 24.3 Å². The predicted octanol–water partition coefficient (Wildman–Crippen LogP) is 3.73. The van der Waals surface area contributed by atoms with Gasteiger partial charge in [0.2, 0.25) is 5.91 Å². The summed E-state index contributed by atoms with van der Waals surface area (Å²) in [5.41, 5.74) is 0.951. The SMILES string of the molecule is CC(CCl)C(=O)N(C)C(C)c1ccccc1Cl. The van der Waals surface area contributed by atoms with Gasteiger partial charge in [0.05, 0.1) is 6.04 Å². The third-order valence-corrected chi connectivity index (χ3v) is 3.74. The summed E-state index contributed by atoms with van der Waals surface area (Å²) < 4.78 is 0. The van der Waals surface area contributed by atoms with E-state index >= 15 is 0 Å². The summed E-state index contributed by atoms with van der Waals surface area (Å²) in [6, 6.07) is 7.50. The molecule has 2 unspecified atom stereocenters. The number of carbonyl (C=O) groups is 1. The van der Waals surface area contributed by atoms with Crippen molar-refractivity contribution in [3.05, 3.63) is 34.9 Å². The summed E-state index contributed by atoms with van der Waals surface area (Å²) in [5.74, 6) is 0.192. The van der Waals surface area contributed by atoms with E-state index in [1.165, 1.54) is 0 Å². The Labute approximate surface area is 113 Å². The largest absolute Gasteiger partial charge is 0.339 e. The second-order valence-electron chi connectivity index (χ2n) is 4.20. The fourth-order valence-corrected chi connectivity index (χ4v) is 2.05. The Kier molecular flexibility index (Phi) is 5.29. The maximum absolute atomic E-state index is 12.0. The molecule has 0 aromatic heterocycles. The lowest BCUT2D eigenvalue weighted by Crippen LogP contribution is -2.34. The Morgan fingerprint density at radius 2 is 1.94 bits per heavy atom. The first-order valence-electron chi connectivity index (χ1n) is 5.56. The van der Waals surface area contributed by atoms with Crippen LogP contribution in [0.4, 0.5) is 0 Å². The van der Waals surface area contributed by atoms with Gasteiger partial charge in [-0.1, -0.05) is 36.7 Å². The van der Waals surface area contributed by atoms with E-state index in [0.717, 1.165) is 5.56 Å². The highest BCUT2D eigenvalue weighted by atomic mass is 35.5. The number of rotatable bonds is 4. The van der Waals surface area contributed by atoms with Crippen molar-refractivity contribution in [3.63, 3.8) is 0 Å². The second kappa shape index (κ2) is 6.27. The van der Waals surface area contributed by atoms with Gasteiger partial charge in [-0.2, -0.15) is 0 Å². The lowest BCUT2D eigenvalue weighted by Gasteiger charge is -2.28. The molecule has 0 aliphatic rings. The van der Waals surface area contributed by atoms with E-state index in [0.29, 0.717) is 10.9 Å². The second-order valence-corrected chi connectivity index (χ2v) is 4.92. The summed E-state index contributed by atoms with van der Waals surface area (Å²) in [6.45, 7) is 3.78. The van der Waals surface area contributed by atoms with Crippen molar-refractivity contribution in [1.82, 2.24) is 4.90 Å². The Morgan fingerprint density at radius 1 is 1.35 bits per heavy atom. The van der Waals surface area contributed by atoms with E-state index in [2.05, 4.69) is 0 Å². The van der Waals surface area contributed by atoms with Gasteiger partial charge in [-0.15, -0.1) is 11.6 Å². The Bertz CT molecular complexity index is 395.